The van der Waals surface area contributed by atoms with Crippen molar-refractivity contribution < 1.29 is 4.79 Å². The Hall–Kier alpha value is -1.21. The summed E-state index contributed by atoms with van der Waals surface area (Å²) in [6.07, 6.45) is 1.01. The molecule has 1 rings (SSSR count). The topological polar surface area (TPSA) is 70.1 Å². The molecule has 0 spiro atoms. The van der Waals surface area contributed by atoms with Gasteiger partial charge >= 0.3 is 0 Å². The standard InChI is InChI=1S/C8H15N5OS/c1-4-5-9-8-11-10-7(15-8)6(14)12-13(2)3/h4-5H2,1-3H3,(H,9,11)(H,12,14). The minimum absolute atomic E-state index is 0.234. The van der Waals surface area contributed by atoms with Gasteiger partial charge in [-0.25, -0.2) is 5.01 Å². The van der Waals surface area contributed by atoms with Gasteiger partial charge in [-0.1, -0.05) is 18.3 Å². The van der Waals surface area contributed by atoms with Crippen molar-refractivity contribution in [2.45, 2.75) is 13.3 Å². The highest BCUT2D eigenvalue weighted by atomic mass is 32.1. The van der Waals surface area contributed by atoms with Crippen molar-refractivity contribution in [2.75, 3.05) is 26.0 Å². The van der Waals surface area contributed by atoms with Crippen LogP contribution in [0.1, 0.15) is 23.1 Å². The highest BCUT2D eigenvalue weighted by Gasteiger charge is 2.12. The lowest BCUT2D eigenvalue weighted by molar-refractivity contribution is 0.0856. The molecule has 1 amide bonds. The van der Waals surface area contributed by atoms with E-state index in [1.165, 1.54) is 11.3 Å². The summed E-state index contributed by atoms with van der Waals surface area (Å²) >= 11 is 1.25. The number of aromatic nitrogens is 2. The first-order valence-corrected chi connectivity index (χ1v) is 5.50. The third-order valence-corrected chi connectivity index (χ3v) is 2.35. The lowest BCUT2D eigenvalue weighted by Crippen LogP contribution is -2.36. The summed E-state index contributed by atoms with van der Waals surface area (Å²) in [6.45, 7) is 2.90. The Bertz CT molecular complexity index is 325. The van der Waals surface area contributed by atoms with Gasteiger partial charge in [0.25, 0.3) is 5.91 Å². The predicted octanol–water partition coefficient (Wildman–Crippen LogP) is 0.566. The average molecular weight is 229 g/mol. The molecule has 0 aliphatic rings. The van der Waals surface area contributed by atoms with Crippen LogP contribution >= 0.6 is 11.3 Å². The Morgan fingerprint density at radius 2 is 2.20 bits per heavy atom. The van der Waals surface area contributed by atoms with Gasteiger partial charge in [0.1, 0.15) is 0 Å². The number of carbonyl (C=O) groups excluding carboxylic acids is 1. The van der Waals surface area contributed by atoms with Crippen molar-refractivity contribution in [2.24, 2.45) is 0 Å². The van der Waals surface area contributed by atoms with Crippen molar-refractivity contribution in [1.82, 2.24) is 20.6 Å². The van der Waals surface area contributed by atoms with Gasteiger partial charge in [0.2, 0.25) is 10.1 Å². The third-order valence-electron chi connectivity index (χ3n) is 1.47. The molecule has 2 N–H and O–H groups in total. The monoisotopic (exact) mass is 229 g/mol. The Labute approximate surface area is 92.7 Å². The second-order valence-electron chi connectivity index (χ2n) is 3.17. The Balaban J connectivity index is 2.55. The number of carbonyl (C=O) groups is 1. The normalized spacial score (nSPS) is 10.4. The Morgan fingerprint density at radius 3 is 2.80 bits per heavy atom. The first-order valence-electron chi connectivity index (χ1n) is 4.69. The van der Waals surface area contributed by atoms with E-state index in [9.17, 15) is 4.79 Å². The number of rotatable bonds is 5. The van der Waals surface area contributed by atoms with E-state index in [1.54, 1.807) is 19.1 Å². The molecule has 1 heterocycles. The van der Waals surface area contributed by atoms with Crippen LogP contribution in [-0.2, 0) is 0 Å². The molecule has 1 aromatic heterocycles. The third kappa shape index (κ3) is 3.80. The second-order valence-corrected chi connectivity index (χ2v) is 4.15. The zero-order valence-corrected chi connectivity index (χ0v) is 9.89. The molecule has 0 saturated carbocycles. The van der Waals surface area contributed by atoms with Crippen molar-refractivity contribution in [3.05, 3.63) is 5.01 Å². The summed E-state index contributed by atoms with van der Waals surface area (Å²) in [5.74, 6) is -0.234. The molecule has 0 aliphatic heterocycles. The largest absolute Gasteiger partial charge is 0.360 e. The SMILES string of the molecule is CCCNc1nnc(C(=O)NN(C)C)s1. The number of amides is 1. The molecular weight excluding hydrogens is 214 g/mol. The van der Waals surface area contributed by atoms with Crippen LogP contribution in [0.5, 0.6) is 0 Å². The van der Waals surface area contributed by atoms with E-state index in [0.717, 1.165) is 13.0 Å². The number of nitrogens with zero attached hydrogens (tertiary/aromatic N) is 3. The molecule has 0 fully saturated rings. The molecule has 0 radical (unpaired) electrons. The highest BCUT2D eigenvalue weighted by molar-refractivity contribution is 7.17. The van der Waals surface area contributed by atoms with E-state index in [1.807, 2.05) is 0 Å². The molecule has 15 heavy (non-hydrogen) atoms. The number of hydrazine groups is 1. The van der Waals surface area contributed by atoms with Gasteiger partial charge in [-0.2, -0.15) is 0 Å². The maximum Gasteiger partial charge on any atom is 0.296 e. The Kier molecular flexibility index (Phi) is 4.44. The van der Waals surface area contributed by atoms with Crippen LogP contribution in [0.4, 0.5) is 5.13 Å². The zero-order valence-electron chi connectivity index (χ0n) is 9.07. The van der Waals surface area contributed by atoms with Crippen molar-refractivity contribution in [3.63, 3.8) is 0 Å². The molecule has 7 heteroatoms. The van der Waals surface area contributed by atoms with Crippen LogP contribution in [0.2, 0.25) is 0 Å². The minimum Gasteiger partial charge on any atom is -0.360 e. The number of hydrogen-bond acceptors (Lipinski definition) is 6. The van der Waals surface area contributed by atoms with Crippen LogP contribution in [-0.4, -0.2) is 41.8 Å². The van der Waals surface area contributed by atoms with Gasteiger partial charge in [-0.3, -0.25) is 10.2 Å². The fourth-order valence-electron chi connectivity index (χ4n) is 0.869. The van der Waals surface area contributed by atoms with E-state index in [2.05, 4.69) is 27.9 Å². The summed E-state index contributed by atoms with van der Waals surface area (Å²) in [5.41, 5.74) is 2.60. The first kappa shape index (κ1) is 11.9. The van der Waals surface area contributed by atoms with Crippen LogP contribution in [0.15, 0.2) is 0 Å². The van der Waals surface area contributed by atoms with E-state index < -0.39 is 0 Å². The lowest BCUT2D eigenvalue weighted by Gasteiger charge is -2.08. The Morgan fingerprint density at radius 1 is 1.47 bits per heavy atom. The zero-order chi connectivity index (χ0) is 11.3. The fourth-order valence-corrected chi connectivity index (χ4v) is 1.53. The fraction of sp³-hybridized carbons (Fsp3) is 0.625. The molecule has 0 atom stereocenters. The molecular formula is C8H15N5OS. The van der Waals surface area contributed by atoms with Gasteiger partial charge in [0.05, 0.1) is 0 Å². The summed E-state index contributed by atoms with van der Waals surface area (Å²) in [4.78, 5) is 11.5. The van der Waals surface area contributed by atoms with E-state index in [0.29, 0.717) is 10.1 Å². The van der Waals surface area contributed by atoms with Gasteiger partial charge in [0, 0.05) is 20.6 Å². The van der Waals surface area contributed by atoms with Crippen LogP contribution in [0.25, 0.3) is 0 Å². The molecule has 1 aromatic rings. The van der Waals surface area contributed by atoms with E-state index >= 15 is 0 Å². The number of anilines is 1. The van der Waals surface area contributed by atoms with Gasteiger partial charge in [-0.15, -0.1) is 10.2 Å². The number of hydrogen-bond donors (Lipinski definition) is 2. The molecule has 0 unspecified atom stereocenters. The maximum absolute atomic E-state index is 11.5. The molecule has 0 saturated heterocycles. The van der Waals surface area contributed by atoms with Crippen LogP contribution in [0, 0.1) is 0 Å². The van der Waals surface area contributed by atoms with Gasteiger partial charge < -0.3 is 5.32 Å². The lowest BCUT2D eigenvalue weighted by atomic mass is 10.5. The smallest absolute Gasteiger partial charge is 0.296 e. The predicted molar refractivity (Wildman–Crippen MR) is 59.8 cm³/mol. The summed E-state index contributed by atoms with van der Waals surface area (Å²) in [6, 6.07) is 0. The van der Waals surface area contributed by atoms with Crippen molar-refractivity contribution in [1.29, 1.82) is 0 Å². The van der Waals surface area contributed by atoms with Crippen molar-refractivity contribution >= 4 is 22.4 Å². The summed E-state index contributed by atoms with van der Waals surface area (Å²) < 4.78 is 0. The summed E-state index contributed by atoms with van der Waals surface area (Å²) in [7, 11) is 3.49. The van der Waals surface area contributed by atoms with E-state index in [-0.39, 0.29) is 5.91 Å². The van der Waals surface area contributed by atoms with Crippen molar-refractivity contribution in [3.8, 4) is 0 Å². The highest BCUT2D eigenvalue weighted by Crippen LogP contribution is 2.14. The first-order chi connectivity index (χ1) is 7.13. The van der Waals surface area contributed by atoms with Gasteiger partial charge in [0.15, 0.2) is 0 Å². The van der Waals surface area contributed by atoms with Gasteiger partial charge in [-0.05, 0) is 6.42 Å². The molecule has 0 aliphatic carbocycles. The number of nitrogens with one attached hydrogen (secondary N) is 2. The average Bonchev–Trinajstić information content (AvgIpc) is 2.62. The maximum atomic E-state index is 11.5. The molecule has 6 nitrogen and oxygen atoms in total. The van der Waals surface area contributed by atoms with Crippen LogP contribution in [0.3, 0.4) is 0 Å². The molecule has 0 aromatic carbocycles. The molecule has 84 valence electrons. The van der Waals surface area contributed by atoms with E-state index in [4.69, 9.17) is 0 Å². The summed E-state index contributed by atoms with van der Waals surface area (Å²) in [5, 5.41) is 13.3. The van der Waals surface area contributed by atoms with Crippen LogP contribution < -0.4 is 10.7 Å². The molecule has 0 bridgehead atoms. The second kappa shape index (κ2) is 5.62. The minimum atomic E-state index is -0.234. The quantitative estimate of drug-likeness (QED) is 0.722.